The van der Waals surface area contributed by atoms with E-state index in [1.54, 1.807) is 6.08 Å². The first-order chi connectivity index (χ1) is 17.3. The highest BCUT2D eigenvalue weighted by molar-refractivity contribution is 7.15. The molecule has 0 radical (unpaired) electrons. The lowest BCUT2D eigenvalue weighted by Crippen LogP contribution is -2.34. The van der Waals surface area contributed by atoms with E-state index in [0.29, 0.717) is 0 Å². The van der Waals surface area contributed by atoms with Gasteiger partial charge in [0.05, 0.1) is 5.56 Å². The predicted octanol–water partition coefficient (Wildman–Crippen LogP) is 7.56. The zero-order chi connectivity index (χ0) is 25.9. The highest BCUT2D eigenvalue weighted by atomic mass is 32.1. The molecule has 0 unspecified atom stereocenters. The summed E-state index contributed by atoms with van der Waals surface area (Å²) < 4.78 is 0. The van der Waals surface area contributed by atoms with Crippen LogP contribution in [0.5, 0.6) is 5.75 Å². The predicted molar refractivity (Wildman–Crippen MR) is 153 cm³/mol. The van der Waals surface area contributed by atoms with E-state index < -0.39 is 16.6 Å². The summed E-state index contributed by atoms with van der Waals surface area (Å²) in [6.45, 7) is 9.64. The van der Waals surface area contributed by atoms with Crippen LogP contribution in [0.2, 0.25) is 0 Å². The first-order valence-electron chi connectivity index (χ1n) is 13.5. The van der Waals surface area contributed by atoms with Crippen molar-refractivity contribution in [2.24, 2.45) is 0 Å². The molecule has 0 aliphatic carbocycles. The van der Waals surface area contributed by atoms with Crippen LogP contribution in [0.3, 0.4) is 0 Å². The van der Waals surface area contributed by atoms with Gasteiger partial charge in [-0.1, -0.05) is 72.3 Å². The Kier molecular flexibility index (Phi) is 8.19. The molecule has 0 amide bonds. The molecule has 5 heteroatoms. The third kappa shape index (κ3) is 5.08. The molecular formula is C31H39NO3S. The lowest BCUT2D eigenvalue weighted by atomic mass is 9.82. The molecule has 1 N–H and O–H groups in total. The second-order valence-electron chi connectivity index (χ2n) is 10.6. The van der Waals surface area contributed by atoms with Gasteiger partial charge in [-0.2, -0.15) is 0 Å². The van der Waals surface area contributed by atoms with Crippen LogP contribution in [0.25, 0.3) is 16.5 Å². The molecule has 0 spiro atoms. The van der Waals surface area contributed by atoms with Gasteiger partial charge in [0.15, 0.2) is 5.75 Å². The van der Waals surface area contributed by atoms with Gasteiger partial charge in [-0.25, -0.2) is 0 Å². The minimum atomic E-state index is -0.782. The van der Waals surface area contributed by atoms with E-state index in [4.69, 9.17) is 0 Å². The standard InChI is InChI=1S/C31H39NO3S/c1-5-7-9-11-13-22-15-17-26(36-22)21-14-16-25-24(19-21)31(3,4)27(32(25)18-12-10-8-6-2)20-23-28(33)30(35)29(23)34/h14-17,19-20,33H,5-13,18H2,1-4H3/b27-20+. The van der Waals surface area contributed by atoms with E-state index in [9.17, 15) is 14.7 Å². The van der Waals surface area contributed by atoms with Gasteiger partial charge in [0, 0.05) is 33.1 Å². The first kappa shape index (κ1) is 26.4. The number of aromatic hydroxyl groups is 1. The molecule has 0 fully saturated rings. The lowest BCUT2D eigenvalue weighted by Gasteiger charge is -2.27. The molecule has 36 heavy (non-hydrogen) atoms. The van der Waals surface area contributed by atoms with Crippen molar-refractivity contribution >= 4 is 23.1 Å². The number of hydrogen-bond donors (Lipinski definition) is 1. The van der Waals surface area contributed by atoms with Crippen molar-refractivity contribution in [2.45, 2.75) is 90.9 Å². The van der Waals surface area contributed by atoms with Crippen LogP contribution in [-0.4, -0.2) is 11.7 Å². The molecule has 0 saturated heterocycles. The number of benzene rings is 1. The minimum Gasteiger partial charge on any atom is -0.504 e. The van der Waals surface area contributed by atoms with Gasteiger partial charge in [-0.15, -0.1) is 11.3 Å². The molecule has 192 valence electrons. The molecule has 4 nitrogen and oxygen atoms in total. The summed E-state index contributed by atoms with van der Waals surface area (Å²) in [6, 6.07) is 11.2. The molecule has 2 aromatic carbocycles. The van der Waals surface area contributed by atoms with Crippen LogP contribution in [0.1, 0.15) is 95.1 Å². The lowest BCUT2D eigenvalue weighted by molar-refractivity contribution is 0.461. The summed E-state index contributed by atoms with van der Waals surface area (Å²) in [7, 11) is 0. The fourth-order valence-corrected chi connectivity index (χ4v) is 6.33. The van der Waals surface area contributed by atoms with Crippen molar-refractivity contribution in [3.05, 3.63) is 72.5 Å². The second kappa shape index (κ2) is 11.2. The van der Waals surface area contributed by atoms with Crippen LogP contribution >= 0.6 is 11.3 Å². The number of rotatable bonds is 12. The number of aryl methyl sites for hydroxylation is 1. The first-order valence-corrected chi connectivity index (χ1v) is 14.4. The number of anilines is 1. The number of nitrogens with zero attached hydrogens (tertiary/aromatic N) is 1. The van der Waals surface area contributed by atoms with Gasteiger partial charge in [0.25, 0.3) is 5.43 Å². The summed E-state index contributed by atoms with van der Waals surface area (Å²) >= 11 is 1.88. The Labute approximate surface area is 219 Å². The Morgan fingerprint density at radius 2 is 1.64 bits per heavy atom. The maximum atomic E-state index is 12.2. The summed E-state index contributed by atoms with van der Waals surface area (Å²) in [5, 5.41) is 10.1. The Hall–Kier alpha value is -2.66. The summed E-state index contributed by atoms with van der Waals surface area (Å²) in [5.41, 5.74) is 2.97. The topological polar surface area (TPSA) is 57.6 Å². The molecular weight excluding hydrogens is 466 g/mol. The Balaban J connectivity index is 1.66. The van der Waals surface area contributed by atoms with Crippen molar-refractivity contribution in [3.63, 3.8) is 0 Å². The monoisotopic (exact) mass is 505 g/mol. The van der Waals surface area contributed by atoms with Gasteiger partial charge in [-0.05, 0) is 60.7 Å². The summed E-state index contributed by atoms with van der Waals surface area (Å²) in [6.07, 6.45) is 12.6. The van der Waals surface area contributed by atoms with Gasteiger partial charge in [-0.3, -0.25) is 9.59 Å². The van der Waals surface area contributed by atoms with Crippen LogP contribution in [0.15, 0.2) is 45.6 Å². The third-order valence-corrected chi connectivity index (χ3v) is 8.75. The number of thiophene rings is 1. The molecule has 3 aromatic rings. The second-order valence-corrected chi connectivity index (χ2v) is 11.8. The van der Waals surface area contributed by atoms with E-state index in [-0.39, 0.29) is 11.0 Å². The Morgan fingerprint density at radius 3 is 2.33 bits per heavy atom. The zero-order valence-corrected chi connectivity index (χ0v) is 23.0. The largest absolute Gasteiger partial charge is 0.504 e. The maximum Gasteiger partial charge on any atom is 0.268 e. The van der Waals surface area contributed by atoms with Crippen molar-refractivity contribution in [2.75, 3.05) is 11.4 Å². The van der Waals surface area contributed by atoms with Crippen LogP contribution in [-0.2, 0) is 11.8 Å². The van der Waals surface area contributed by atoms with Gasteiger partial charge in [0.2, 0.25) is 5.43 Å². The van der Waals surface area contributed by atoms with Crippen molar-refractivity contribution in [1.82, 2.24) is 0 Å². The van der Waals surface area contributed by atoms with Crippen molar-refractivity contribution in [1.29, 1.82) is 0 Å². The normalized spacial score (nSPS) is 15.8. The summed E-state index contributed by atoms with van der Waals surface area (Å²) in [4.78, 5) is 28.8. The quantitative estimate of drug-likeness (QED) is 0.204. The number of allylic oxidation sites excluding steroid dienone is 1. The van der Waals surface area contributed by atoms with Gasteiger partial charge in [0.1, 0.15) is 0 Å². The Bertz CT molecular complexity index is 1310. The molecule has 0 saturated carbocycles. The molecule has 0 bridgehead atoms. The average molecular weight is 506 g/mol. The van der Waals surface area contributed by atoms with E-state index in [2.05, 4.69) is 62.9 Å². The molecule has 1 aromatic heterocycles. The van der Waals surface area contributed by atoms with Gasteiger partial charge < -0.3 is 10.0 Å². The zero-order valence-electron chi connectivity index (χ0n) is 22.2. The molecule has 1 aliphatic rings. The third-order valence-electron chi connectivity index (χ3n) is 7.55. The smallest absolute Gasteiger partial charge is 0.268 e. The van der Waals surface area contributed by atoms with Gasteiger partial charge >= 0.3 is 0 Å². The van der Waals surface area contributed by atoms with E-state index in [1.807, 2.05) is 11.3 Å². The number of fused-ring (bicyclic) bond motifs is 1. The van der Waals surface area contributed by atoms with E-state index in [0.717, 1.165) is 37.2 Å². The summed E-state index contributed by atoms with van der Waals surface area (Å²) in [5.74, 6) is -0.407. The van der Waals surface area contributed by atoms with Crippen LogP contribution < -0.4 is 15.8 Å². The SMILES string of the molecule is CCCCCCc1ccc(-c2ccc3c(c2)C(C)(C)/C(=C\c2c(O)c(=O)c2=O)N3CCCCCC)s1. The minimum absolute atomic E-state index is 0.139. The Morgan fingerprint density at radius 1 is 0.917 bits per heavy atom. The van der Waals surface area contributed by atoms with Crippen molar-refractivity contribution < 1.29 is 5.11 Å². The fourth-order valence-electron chi connectivity index (χ4n) is 5.29. The molecule has 0 atom stereocenters. The van der Waals surface area contributed by atoms with E-state index in [1.165, 1.54) is 59.4 Å². The molecule has 2 heterocycles. The number of unbranched alkanes of at least 4 members (excludes halogenated alkanes) is 6. The number of hydrogen-bond acceptors (Lipinski definition) is 5. The highest BCUT2D eigenvalue weighted by Crippen LogP contribution is 2.50. The highest BCUT2D eigenvalue weighted by Gasteiger charge is 2.41. The molecule has 1 aliphatic heterocycles. The average Bonchev–Trinajstić information content (AvgIpc) is 3.43. The van der Waals surface area contributed by atoms with Crippen LogP contribution in [0, 0.1) is 0 Å². The maximum absolute atomic E-state index is 12.2. The molecule has 4 rings (SSSR count). The fraction of sp³-hybridized carbons (Fsp3) is 0.484. The van der Waals surface area contributed by atoms with Crippen LogP contribution in [0.4, 0.5) is 5.69 Å². The van der Waals surface area contributed by atoms with Crippen molar-refractivity contribution in [3.8, 4) is 16.2 Å². The van der Waals surface area contributed by atoms with E-state index >= 15 is 0 Å².